The zero-order valence-corrected chi connectivity index (χ0v) is 49.7. The number of rotatable bonds is 12. The lowest BCUT2D eigenvalue weighted by Gasteiger charge is -2.52. The molecule has 0 aromatic heterocycles. The van der Waals surface area contributed by atoms with Crippen molar-refractivity contribution >= 4 is 80.2 Å². The van der Waals surface area contributed by atoms with Gasteiger partial charge in [0.25, 0.3) is 0 Å². The van der Waals surface area contributed by atoms with Crippen LogP contribution in [0.1, 0.15) is 66.8 Å². The molecule has 4 aliphatic rings. The summed E-state index contributed by atoms with van der Waals surface area (Å²) in [6, 6.07) is 85.1. The first-order valence-corrected chi connectivity index (χ1v) is 29.8. The van der Waals surface area contributed by atoms with E-state index in [0.29, 0.717) is 0 Å². The molecule has 10 aromatic carbocycles. The highest BCUT2D eigenvalue weighted by Crippen LogP contribution is 2.68. The fourth-order valence-electron chi connectivity index (χ4n) is 13.8. The van der Waals surface area contributed by atoms with Crippen molar-refractivity contribution in [3.8, 4) is 0 Å². The maximum absolute atomic E-state index is 2.60. The summed E-state index contributed by atoms with van der Waals surface area (Å²) in [6.45, 7) is 17.9. The van der Waals surface area contributed by atoms with E-state index in [2.05, 4.69) is 342 Å². The summed E-state index contributed by atoms with van der Waals surface area (Å²) in [5, 5.41) is 0. The van der Waals surface area contributed by atoms with E-state index in [1.165, 1.54) is 89.1 Å². The van der Waals surface area contributed by atoms with Gasteiger partial charge in [0.15, 0.2) is 0 Å². The van der Waals surface area contributed by atoms with Gasteiger partial charge >= 0.3 is 0 Å². The Bertz CT molecular complexity index is 4080. The van der Waals surface area contributed by atoms with Gasteiger partial charge in [-0.25, -0.2) is 0 Å². The molecule has 0 atom stereocenters. The zero-order chi connectivity index (χ0) is 58.1. The number of aryl methyl sites for hydroxylation is 8. The molecule has 4 aliphatic carbocycles. The van der Waals surface area contributed by atoms with Crippen LogP contribution in [-0.2, 0) is 0 Å². The van der Waals surface area contributed by atoms with Crippen LogP contribution in [0.3, 0.4) is 0 Å². The first kappa shape index (κ1) is 52.9. The Labute approximate surface area is 501 Å². The van der Waals surface area contributed by atoms with Crippen molar-refractivity contribution in [2.45, 2.75) is 55.4 Å². The number of benzene rings is 10. The number of hydrogen-bond acceptors (Lipinski definition) is 4. The van der Waals surface area contributed by atoms with Crippen LogP contribution < -0.4 is 19.6 Å². The minimum atomic E-state index is -0.973. The van der Waals surface area contributed by atoms with Crippen molar-refractivity contribution in [2.75, 3.05) is 19.6 Å². The molecule has 0 amide bonds. The highest BCUT2D eigenvalue weighted by molar-refractivity contribution is 6.09. The molecule has 0 N–H and O–H groups in total. The molecule has 412 valence electrons. The molecule has 0 heterocycles. The lowest BCUT2D eigenvalue weighted by atomic mass is 9.60. The van der Waals surface area contributed by atoms with Crippen molar-refractivity contribution in [3.63, 3.8) is 0 Å². The van der Waals surface area contributed by atoms with Gasteiger partial charge in [0.2, 0.25) is 0 Å². The normalized spacial score (nSPS) is 14.2. The summed E-state index contributed by atoms with van der Waals surface area (Å²) in [5.74, 6) is 0. The predicted molar refractivity (Wildman–Crippen MR) is 361 cm³/mol. The maximum atomic E-state index is 2.60. The molecule has 4 heteroatoms. The third kappa shape index (κ3) is 8.65. The number of nitrogens with zero attached hydrogens (tertiary/aromatic N) is 4. The lowest BCUT2D eigenvalue weighted by Crippen LogP contribution is -2.45. The van der Waals surface area contributed by atoms with Gasteiger partial charge in [0, 0.05) is 68.3 Å². The molecule has 0 radical (unpaired) electrons. The third-order valence-electron chi connectivity index (χ3n) is 18.1. The van der Waals surface area contributed by atoms with Gasteiger partial charge in [-0.05, 0) is 242 Å². The number of para-hydroxylation sites is 8. The molecule has 14 rings (SSSR count). The van der Waals surface area contributed by atoms with E-state index in [9.17, 15) is 0 Å². The van der Waals surface area contributed by atoms with Crippen molar-refractivity contribution in [1.29, 1.82) is 0 Å². The van der Waals surface area contributed by atoms with Crippen LogP contribution in [0.25, 0.3) is 23.3 Å². The smallest absolute Gasteiger partial charge is 0.102 e. The summed E-state index contributed by atoms with van der Waals surface area (Å²) >= 11 is 0. The highest BCUT2D eigenvalue weighted by Gasteiger charge is 2.57. The Balaban J connectivity index is 1.10. The van der Waals surface area contributed by atoms with Gasteiger partial charge in [0.05, 0.1) is 0 Å². The van der Waals surface area contributed by atoms with Gasteiger partial charge in [-0.2, -0.15) is 0 Å². The van der Waals surface area contributed by atoms with Gasteiger partial charge in [-0.15, -0.1) is 0 Å². The summed E-state index contributed by atoms with van der Waals surface area (Å²) in [7, 11) is 0. The van der Waals surface area contributed by atoms with E-state index in [4.69, 9.17) is 0 Å². The third-order valence-corrected chi connectivity index (χ3v) is 18.1. The molecular formula is C81H68N4. The van der Waals surface area contributed by atoms with Crippen LogP contribution in [0.4, 0.5) is 56.9 Å². The van der Waals surface area contributed by atoms with Crippen LogP contribution in [0.5, 0.6) is 0 Å². The molecule has 10 aromatic rings. The van der Waals surface area contributed by atoms with E-state index in [-0.39, 0.29) is 0 Å². The SMILES string of the molecule is Cc1ccccc1N(C1=CC=C2C(=Cc3cc(N(c4ccccc4C)c4ccccc4C)ccc32)C12C1=Cc3cc(N(c4ccccc4C)c4ccccc4C)ccc3C1=CC=C2N(c1ccccc1C)c1ccccc1C)c1ccccc1C. The molecule has 0 fully saturated rings. The average molecular weight is 1100 g/mol. The van der Waals surface area contributed by atoms with Gasteiger partial charge in [0.1, 0.15) is 5.41 Å². The van der Waals surface area contributed by atoms with Crippen LogP contribution in [0.15, 0.2) is 277 Å². The number of allylic oxidation sites excluding steroid dienone is 6. The quantitative estimate of drug-likeness (QED) is 0.121. The monoisotopic (exact) mass is 1100 g/mol. The topological polar surface area (TPSA) is 13.0 Å². The Morgan fingerprint density at radius 2 is 0.482 bits per heavy atom. The minimum absolute atomic E-state index is 0.973. The molecule has 0 unspecified atom stereocenters. The van der Waals surface area contributed by atoms with Gasteiger partial charge in [-0.1, -0.05) is 170 Å². The molecule has 1 spiro atoms. The second-order valence-corrected chi connectivity index (χ2v) is 23.3. The van der Waals surface area contributed by atoms with Crippen LogP contribution in [0.2, 0.25) is 0 Å². The molecule has 0 saturated heterocycles. The van der Waals surface area contributed by atoms with Crippen molar-refractivity contribution in [3.05, 3.63) is 344 Å². The molecule has 0 bridgehead atoms. The molecule has 0 saturated carbocycles. The average Bonchev–Trinajstić information content (AvgIpc) is 1.67. The largest absolute Gasteiger partial charge is 0.312 e. The van der Waals surface area contributed by atoms with E-state index >= 15 is 0 Å². The van der Waals surface area contributed by atoms with Crippen LogP contribution >= 0.6 is 0 Å². The van der Waals surface area contributed by atoms with Crippen LogP contribution in [0, 0.1) is 60.8 Å². The molecule has 4 nitrogen and oxygen atoms in total. The first-order chi connectivity index (χ1) is 41.5. The molecule has 85 heavy (non-hydrogen) atoms. The summed E-state index contributed by atoms with van der Waals surface area (Å²) in [6.07, 6.45) is 14.9. The Morgan fingerprint density at radius 3 is 0.729 bits per heavy atom. The van der Waals surface area contributed by atoms with Crippen molar-refractivity contribution < 1.29 is 0 Å². The van der Waals surface area contributed by atoms with E-state index in [0.717, 1.165) is 68.3 Å². The standard InChI is InChI=1S/C81H68N4/c1-53-25-9-17-33-71(53)82(72-34-18-10-26-54(72)2)63-41-43-65-61(49-63)51-69-67(65)45-47-79(84(75-37-21-13-29-57(75)5)76-38-22-14-30-58(76)6)81(69)70-52-62-50-64(83(73-35-19-11-27-55(73)3)74-36-20-12-28-56(74)4)42-44-66(62)68(70)46-48-80(81)85(77-39-23-15-31-59(77)7)78-40-24-16-32-60(78)8/h9-52H,1-8H3. The van der Waals surface area contributed by atoms with Crippen molar-refractivity contribution in [1.82, 2.24) is 0 Å². The van der Waals surface area contributed by atoms with Crippen molar-refractivity contribution in [2.24, 2.45) is 5.41 Å². The first-order valence-electron chi connectivity index (χ1n) is 29.8. The minimum Gasteiger partial charge on any atom is -0.312 e. The Kier molecular flexibility index (Phi) is 13.2. The van der Waals surface area contributed by atoms with Gasteiger partial charge in [-0.3, -0.25) is 0 Å². The predicted octanol–water partition coefficient (Wildman–Crippen LogP) is 21.8. The fraction of sp³-hybridized carbons (Fsp3) is 0.111. The fourth-order valence-corrected chi connectivity index (χ4v) is 13.8. The van der Waals surface area contributed by atoms with Crippen LogP contribution in [-0.4, -0.2) is 0 Å². The Hall–Kier alpha value is -10.2. The summed E-state index contributed by atoms with van der Waals surface area (Å²) in [5.41, 5.74) is 31.9. The maximum Gasteiger partial charge on any atom is 0.102 e. The van der Waals surface area contributed by atoms with Gasteiger partial charge < -0.3 is 19.6 Å². The lowest BCUT2D eigenvalue weighted by molar-refractivity contribution is 0.615. The second kappa shape index (κ2) is 21.2. The van der Waals surface area contributed by atoms with E-state index in [1.807, 2.05) is 0 Å². The second-order valence-electron chi connectivity index (χ2n) is 23.3. The summed E-state index contributed by atoms with van der Waals surface area (Å²) < 4.78 is 0. The Morgan fingerprint density at radius 1 is 0.247 bits per heavy atom. The number of fused-ring (bicyclic) bond motifs is 8. The molecular weight excluding hydrogens is 1030 g/mol. The number of anilines is 10. The van der Waals surface area contributed by atoms with E-state index in [1.54, 1.807) is 0 Å². The highest BCUT2D eigenvalue weighted by atomic mass is 15.2. The zero-order valence-electron chi connectivity index (χ0n) is 49.7. The van der Waals surface area contributed by atoms with E-state index < -0.39 is 5.41 Å². The summed E-state index contributed by atoms with van der Waals surface area (Å²) in [4.78, 5) is 10.1. The molecule has 0 aliphatic heterocycles. The number of hydrogen-bond donors (Lipinski definition) is 0.